The molecule has 4 aromatic rings. The highest BCUT2D eigenvalue weighted by Crippen LogP contribution is 2.41. The van der Waals surface area contributed by atoms with E-state index in [1.165, 1.54) is 15.9 Å². The van der Waals surface area contributed by atoms with Crippen molar-refractivity contribution in [3.8, 4) is 23.3 Å². The number of benzene rings is 3. The summed E-state index contributed by atoms with van der Waals surface area (Å²) in [6, 6.07) is 17.0. The zero-order valence-electron chi connectivity index (χ0n) is 25.4. The molecule has 9 nitrogen and oxygen atoms in total. The highest BCUT2D eigenvalue weighted by Gasteiger charge is 2.35. The number of hydrogen-bond acceptors (Lipinski definition) is 9. The first-order chi connectivity index (χ1) is 22.2. The van der Waals surface area contributed by atoms with Crippen molar-refractivity contribution >= 4 is 50.9 Å². The normalized spacial score (nSPS) is 14.3. The van der Waals surface area contributed by atoms with Crippen LogP contribution in [0.3, 0.4) is 0 Å². The van der Waals surface area contributed by atoms with Gasteiger partial charge in [-0.15, -0.1) is 0 Å². The number of halogens is 2. The average molecular weight is 723 g/mol. The minimum Gasteiger partial charge on any atom is -0.493 e. The van der Waals surface area contributed by atoms with Crippen LogP contribution < -0.4 is 29.1 Å². The molecule has 0 saturated carbocycles. The van der Waals surface area contributed by atoms with E-state index in [0.29, 0.717) is 65.1 Å². The molecule has 2 heterocycles. The molecular weight excluding hydrogens is 694 g/mol. The third kappa shape index (κ3) is 6.75. The van der Waals surface area contributed by atoms with Gasteiger partial charge in [-0.2, -0.15) is 5.26 Å². The van der Waals surface area contributed by atoms with Gasteiger partial charge in [-0.1, -0.05) is 51.0 Å². The zero-order valence-corrected chi connectivity index (χ0v) is 28.6. The third-order valence-electron chi connectivity index (χ3n) is 7.13. The summed E-state index contributed by atoms with van der Waals surface area (Å²) in [7, 11) is 1.54. The Morgan fingerprint density at radius 3 is 2.52 bits per heavy atom. The van der Waals surface area contributed by atoms with E-state index in [1.54, 1.807) is 69.5 Å². The number of rotatable bonds is 10. The van der Waals surface area contributed by atoms with Crippen LogP contribution in [0, 0.1) is 11.3 Å². The van der Waals surface area contributed by atoms with Crippen molar-refractivity contribution < 1.29 is 23.7 Å². The monoisotopic (exact) mass is 721 g/mol. The number of ether oxygens (including phenoxy) is 4. The van der Waals surface area contributed by atoms with Gasteiger partial charge in [-0.25, -0.2) is 9.79 Å². The van der Waals surface area contributed by atoms with E-state index < -0.39 is 12.0 Å². The second-order valence-corrected chi connectivity index (χ2v) is 12.3. The molecule has 0 aliphatic carbocycles. The number of methoxy groups -OCH3 is 1. The van der Waals surface area contributed by atoms with Crippen LogP contribution in [0.5, 0.6) is 17.2 Å². The number of nitrogens with zero attached hydrogens (tertiary/aromatic N) is 3. The molecule has 0 fully saturated rings. The lowest BCUT2D eigenvalue weighted by Crippen LogP contribution is -2.40. The maximum absolute atomic E-state index is 14.3. The molecule has 0 saturated heterocycles. The van der Waals surface area contributed by atoms with Gasteiger partial charge in [0.25, 0.3) is 5.56 Å². The summed E-state index contributed by atoms with van der Waals surface area (Å²) in [5, 5.41) is 9.55. The van der Waals surface area contributed by atoms with Crippen LogP contribution in [0.15, 0.2) is 80.1 Å². The number of nitriles is 1. The Hall–Kier alpha value is -4.37. The average Bonchev–Trinajstić information content (AvgIpc) is 3.34. The van der Waals surface area contributed by atoms with Gasteiger partial charge in [-0.05, 0) is 80.4 Å². The molecular formula is C34H29BrClN3O6S. The molecule has 1 atom stereocenters. The molecule has 1 aliphatic heterocycles. The van der Waals surface area contributed by atoms with Crippen LogP contribution in [-0.4, -0.2) is 30.9 Å². The first kappa shape index (κ1) is 33.0. The molecule has 1 aromatic heterocycles. The SMILES string of the molecule is CCOC(=O)C1=C(C)N=c2s/c(=C/c3cc(Cl)ccc3OCc3ccc(C#N)cc3)c(=O)n2[C@H]1c1cc(OCC)c(OC)cc1Br. The van der Waals surface area contributed by atoms with E-state index in [1.807, 2.05) is 19.1 Å². The maximum Gasteiger partial charge on any atom is 0.338 e. The lowest BCUT2D eigenvalue weighted by Gasteiger charge is -2.26. The number of carbonyl (C=O) groups is 1. The van der Waals surface area contributed by atoms with Gasteiger partial charge in [0, 0.05) is 15.1 Å². The zero-order chi connectivity index (χ0) is 33.0. The number of carbonyl (C=O) groups excluding carboxylic acids is 1. The largest absolute Gasteiger partial charge is 0.493 e. The second-order valence-electron chi connectivity index (χ2n) is 10.0. The van der Waals surface area contributed by atoms with Crippen LogP contribution in [0.25, 0.3) is 6.08 Å². The summed E-state index contributed by atoms with van der Waals surface area (Å²) >= 11 is 11.2. The number of hydrogen-bond donors (Lipinski definition) is 0. The number of allylic oxidation sites excluding steroid dienone is 1. The lowest BCUT2D eigenvalue weighted by molar-refractivity contribution is -0.139. The Morgan fingerprint density at radius 2 is 1.85 bits per heavy atom. The first-order valence-corrected chi connectivity index (χ1v) is 16.3. The summed E-state index contributed by atoms with van der Waals surface area (Å²) in [5.41, 5.74) is 2.94. The molecule has 12 heteroatoms. The minimum absolute atomic E-state index is 0.154. The van der Waals surface area contributed by atoms with Crippen molar-refractivity contribution in [3.05, 3.63) is 117 Å². The van der Waals surface area contributed by atoms with Gasteiger partial charge >= 0.3 is 5.97 Å². The molecule has 0 spiro atoms. The van der Waals surface area contributed by atoms with Crippen molar-refractivity contribution in [1.29, 1.82) is 5.26 Å². The van der Waals surface area contributed by atoms with Crippen molar-refractivity contribution in [3.63, 3.8) is 0 Å². The number of aromatic nitrogens is 1. The van der Waals surface area contributed by atoms with Crippen LogP contribution in [0.4, 0.5) is 0 Å². The summed E-state index contributed by atoms with van der Waals surface area (Å²) in [5.74, 6) is 0.903. The third-order valence-corrected chi connectivity index (χ3v) is 9.04. The van der Waals surface area contributed by atoms with Gasteiger partial charge < -0.3 is 18.9 Å². The predicted octanol–water partition coefficient (Wildman–Crippen LogP) is 6.07. The Balaban J connectivity index is 1.65. The van der Waals surface area contributed by atoms with Crippen LogP contribution in [0.2, 0.25) is 5.02 Å². The smallest absolute Gasteiger partial charge is 0.338 e. The van der Waals surface area contributed by atoms with Gasteiger partial charge in [0.15, 0.2) is 16.3 Å². The quantitative estimate of drug-likeness (QED) is 0.183. The highest BCUT2D eigenvalue weighted by molar-refractivity contribution is 9.10. The first-order valence-electron chi connectivity index (χ1n) is 14.3. The van der Waals surface area contributed by atoms with E-state index in [0.717, 1.165) is 5.56 Å². The summed E-state index contributed by atoms with van der Waals surface area (Å²) in [6.07, 6.45) is 1.71. The fourth-order valence-corrected chi connectivity index (χ4v) is 6.77. The molecule has 0 unspecified atom stereocenters. The fourth-order valence-electron chi connectivity index (χ4n) is 5.02. The van der Waals surface area contributed by atoms with E-state index in [9.17, 15) is 9.59 Å². The lowest BCUT2D eigenvalue weighted by atomic mass is 9.95. The Kier molecular flexibility index (Phi) is 10.3. The molecule has 236 valence electrons. The Bertz CT molecular complexity index is 2060. The summed E-state index contributed by atoms with van der Waals surface area (Å²) in [4.78, 5) is 32.7. The molecule has 0 N–H and O–H groups in total. The van der Waals surface area contributed by atoms with E-state index in [-0.39, 0.29) is 24.3 Å². The number of esters is 1. The van der Waals surface area contributed by atoms with Crippen molar-refractivity contribution in [2.45, 2.75) is 33.4 Å². The minimum atomic E-state index is -0.872. The predicted molar refractivity (Wildman–Crippen MR) is 179 cm³/mol. The van der Waals surface area contributed by atoms with Crippen molar-refractivity contribution in [2.24, 2.45) is 4.99 Å². The van der Waals surface area contributed by atoms with E-state index >= 15 is 0 Å². The van der Waals surface area contributed by atoms with Crippen LogP contribution in [0.1, 0.15) is 49.1 Å². The molecule has 0 amide bonds. The van der Waals surface area contributed by atoms with Crippen molar-refractivity contribution in [2.75, 3.05) is 20.3 Å². The van der Waals surface area contributed by atoms with Gasteiger partial charge in [0.2, 0.25) is 0 Å². The van der Waals surface area contributed by atoms with E-state index in [2.05, 4.69) is 27.0 Å². The molecule has 0 radical (unpaired) electrons. The van der Waals surface area contributed by atoms with E-state index in [4.69, 9.17) is 35.8 Å². The summed E-state index contributed by atoms with van der Waals surface area (Å²) in [6.45, 7) is 6.08. The van der Waals surface area contributed by atoms with Gasteiger partial charge in [0.1, 0.15) is 12.4 Å². The van der Waals surface area contributed by atoms with Crippen LogP contribution in [-0.2, 0) is 16.1 Å². The molecule has 0 bridgehead atoms. The second kappa shape index (κ2) is 14.4. The fraction of sp³-hybridized carbons (Fsp3) is 0.235. The Morgan fingerprint density at radius 1 is 1.09 bits per heavy atom. The number of fused-ring (bicyclic) bond motifs is 1. The van der Waals surface area contributed by atoms with Gasteiger partial charge in [0.05, 0.1) is 53.8 Å². The highest BCUT2D eigenvalue weighted by atomic mass is 79.9. The molecule has 46 heavy (non-hydrogen) atoms. The summed E-state index contributed by atoms with van der Waals surface area (Å²) < 4.78 is 25.4. The Labute approximate surface area is 282 Å². The molecule has 1 aliphatic rings. The molecule has 3 aromatic carbocycles. The van der Waals surface area contributed by atoms with Crippen LogP contribution >= 0.6 is 38.9 Å². The van der Waals surface area contributed by atoms with Crippen molar-refractivity contribution in [1.82, 2.24) is 4.57 Å². The number of thiazole rings is 1. The maximum atomic E-state index is 14.3. The topological polar surface area (TPSA) is 112 Å². The standard InChI is InChI=1S/C34H29BrClN3O6S/c1-5-43-28-15-24(25(35)16-27(28)42-4)31-30(33(41)44-6-2)19(3)38-34-39(31)32(40)29(46-34)14-22-13-23(36)11-12-26(22)45-18-21-9-7-20(17-37)8-10-21/h7-16,31H,5-6,18H2,1-4H3/b29-14+/t31-/m0/s1. The van der Waals surface area contributed by atoms with Gasteiger partial charge in [-0.3, -0.25) is 9.36 Å². The molecule has 5 rings (SSSR count).